The highest BCUT2D eigenvalue weighted by molar-refractivity contribution is 6.04. The Balaban J connectivity index is 2.12. The van der Waals surface area contributed by atoms with Crippen molar-refractivity contribution in [3.8, 4) is 23.0 Å². The fourth-order valence-corrected chi connectivity index (χ4v) is 2.96. The smallest absolute Gasteiger partial charge is 0.174 e. The zero-order chi connectivity index (χ0) is 19.8. The van der Waals surface area contributed by atoms with Crippen molar-refractivity contribution < 1.29 is 29.6 Å². The summed E-state index contributed by atoms with van der Waals surface area (Å²) in [6, 6.07) is 7.79. The van der Waals surface area contributed by atoms with E-state index >= 15 is 0 Å². The summed E-state index contributed by atoms with van der Waals surface area (Å²) in [5.41, 5.74) is 0.186. The Hall–Kier alpha value is -2.99. The zero-order valence-electron chi connectivity index (χ0n) is 15.4. The van der Waals surface area contributed by atoms with Crippen LogP contribution >= 0.6 is 0 Å². The van der Waals surface area contributed by atoms with Gasteiger partial charge < -0.3 is 24.8 Å². The Labute approximate surface area is 157 Å². The number of aliphatic hydroxyl groups is 1. The van der Waals surface area contributed by atoms with Crippen LogP contribution in [0.3, 0.4) is 0 Å². The summed E-state index contributed by atoms with van der Waals surface area (Å²) in [5, 5.41) is 29.8. The molecule has 1 aliphatic rings. The van der Waals surface area contributed by atoms with Crippen LogP contribution < -0.4 is 9.47 Å². The lowest BCUT2D eigenvalue weighted by molar-refractivity contribution is 0.0843. The second kappa shape index (κ2) is 6.96. The minimum absolute atomic E-state index is 0.105. The Bertz CT molecular complexity index is 890. The van der Waals surface area contributed by atoms with Crippen LogP contribution in [0.4, 0.5) is 0 Å². The molecule has 1 aliphatic heterocycles. The summed E-state index contributed by atoms with van der Waals surface area (Å²) in [6.45, 7) is 3.20. The van der Waals surface area contributed by atoms with Crippen LogP contribution in [0.1, 0.15) is 47.9 Å². The van der Waals surface area contributed by atoms with Crippen molar-refractivity contribution >= 4 is 11.9 Å². The highest BCUT2D eigenvalue weighted by Gasteiger charge is 2.33. The molecule has 1 unspecified atom stereocenters. The number of ether oxygens (including phenoxy) is 2. The number of Topliss-reactive ketones (excluding diaryl/α,β-unsaturated/α-hetero) is 1. The largest absolute Gasteiger partial charge is 0.508 e. The molecule has 2 aromatic rings. The number of fused-ring (bicyclic) bond motifs is 1. The van der Waals surface area contributed by atoms with Crippen molar-refractivity contribution in [2.75, 3.05) is 7.11 Å². The van der Waals surface area contributed by atoms with Crippen LogP contribution in [0, 0.1) is 0 Å². The lowest BCUT2D eigenvalue weighted by atomic mass is 9.92. The summed E-state index contributed by atoms with van der Waals surface area (Å²) in [7, 11) is 1.42. The summed E-state index contributed by atoms with van der Waals surface area (Å²) in [4.78, 5) is 12.8. The van der Waals surface area contributed by atoms with Gasteiger partial charge in [0.25, 0.3) is 0 Å². The Morgan fingerprint density at radius 3 is 2.48 bits per heavy atom. The molecule has 0 saturated heterocycles. The lowest BCUT2D eigenvalue weighted by Gasteiger charge is -2.28. The van der Waals surface area contributed by atoms with E-state index in [1.165, 1.54) is 37.5 Å². The molecule has 1 atom stereocenters. The second-order valence-corrected chi connectivity index (χ2v) is 7.03. The third kappa shape index (κ3) is 3.90. The molecule has 3 N–H and O–H groups in total. The molecule has 6 nitrogen and oxygen atoms in total. The van der Waals surface area contributed by atoms with E-state index in [4.69, 9.17) is 9.47 Å². The molecule has 0 bridgehead atoms. The van der Waals surface area contributed by atoms with Gasteiger partial charge in [0, 0.05) is 6.07 Å². The van der Waals surface area contributed by atoms with Crippen LogP contribution in [-0.4, -0.2) is 33.8 Å². The molecule has 142 valence electrons. The predicted octanol–water partition coefficient (Wildman–Crippen LogP) is 3.60. The number of aromatic hydroxyl groups is 2. The van der Waals surface area contributed by atoms with Gasteiger partial charge in [-0.3, -0.25) is 4.79 Å². The molecular weight excluding hydrogens is 348 g/mol. The topological polar surface area (TPSA) is 96.2 Å². The normalized spacial score (nSPS) is 16.9. The average molecular weight is 370 g/mol. The first-order valence-corrected chi connectivity index (χ1v) is 8.54. The molecule has 6 heteroatoms. The van der Waals surface area contributed by atoms with Gasteiger partial charge in [-0.05, 0) is 37.6 Å². The van der Waals surface area contributed by atoms with Gasteiger partial charge in [-0.1, -0.05) is 18.2 Å². The van der Waals surface area contributed by atoms with Crippen molar-refractivity contribution in [1.82, 2.24) is 0 Å². The van der Waals surface area contributed by atoms with Gasteiger partial charge in [-0.2, -0.15) is 0 Å². The molecule has 0 amide bonds. The van der Waals surface area contributed by atoms with E-state index in [0.29, 0.717) is 5.56 Å². The van der Waals surface area contributed by atoms with E-state index in [9.17, 15) is 20.1 Å². The van der Waals surface area contributed by atoms with Crippen LogP contribution in [-0.2, 0) is 0 Å². The van der Waals surface area contributed by atoms with Crippen LogP contribution in [0.25, 0.3) is 6.08 Å². The molecule has 0 spiro atoms. The number of carbonyl (C=O) groups excluding carboxylic acids is 1. The monoisotopic (exact) mass is 370 g/mol. The zero-order valence-corrected chi connectivity index (χ0v) is 15.4. The van der Waals surface area contributed by atoms with Gasteiger partial charge in [-0.15, -0.1) is 0 Å². The van der Waals surface area contributed by atoms with Gasteiger partial charge in [-0.25, -0.2) is 0 Å². The number of hydrogen-bond donors (Lipinski definition) is 3. The third-order valence-corrected chi connectivity index (χ3v) is 4.31. The molecule has 1 heterocycles. The number of phenols is 2. The molecule has 27 heavy (non-hydrogen) atoms. The molecule has 3 rings (SSSR count). The highest BCUT2D eigenvalue weighted by atomic mass is 16.5. The number of hydrogen-bond acceptors (Lipinski definition) is 6. The number of carbonyl (C=O) groups is 1. The standard InChI is InChI=1S/C21H22O6/c1-21(2,25)9-8-14-15(23)10-18(26-3)19-16(24)11-17(27-20(14)19)12-4-6-13(22)7-5-12/h4-10,17,22-23,25H,11H2,1-3H3/b9-8-. The van der Waals surface area contributed by atoms with E-state index in [0.717, 1.165) is 5.56 Å². The molecule has 2 aromatic carbocycles. The van der Waals surface area contributed by atoms with Crippen LogP contribution in [0.5, 0.6) is 23.0 Å². The van der Waals surface area contributed by atoms with Crippen LogP contribution in [0.2, 0.25) is 0 Å². The van der Waals surface area contributed by atoms with Gasteiger partial charge in [0.05, 0.1) is 24.7 Å². The molecule has 0 fully saturated rings. The van der Waals surface area contributed by atoms with Crippen molar-refractivity contribution in [2.24, 2.45) is 0 Å². The minimum atomic E-state index is -1.10. The molecule has 0 aromatic heterocycles. The number of phenolic OH excluding ortho intramolecular Hbond substituents is 2. The van der Waals surface area contributed by atoms with E-state index < -0.39 is 11.7 Å². The fourth-order valence-electron chi connectivity index (χ4n) is 2.96. The summed E-state index contributed by atoms with van der Waals surface area (Å²) < 4.78 is 11.3. The number of benzene rings is 2. The lowest BCUT2D eigenvalue weighted by Crippen LogP contribution is -2.22. The fraction of sp³-hybridized carbons (Fsp3) is 0.286. The van der Waals surface area contributed by atoms with Gasteiger partial charge in [0.2, 0.25) is 0 Å². The van der Waals surface area contributed by atoms with E-state index in [1.807, 2.05) is 0 Å². The molecule has 0 aliphatic carbocycles. The van der Waals surface area contributed by atoms with E-state index in [-0.39, 0.29) is 40.8 Å². The number of rotatable bonds is 4. The van der Waals surface area contributed by atoms with Gasteiger partial charge >= 0.3 is 0 Å². The number of methoxy groups -OCH3 is 1. The van der Waals surface area contributed by atoms with Crippen molar-refractivity contribution in [2.45, 2.75) is 32.0 Å². The second-order valence-electron chi connectivity index (χ2n) is 7.03. The Morgan fingerprint density at radius 2 is 1.89 bits per heavy atom. The summed E-state index contributed by atoms with van der Waals surface area (Å²) >= 11 is 0. The maximum absolute atomic E-state index is 12.8. The summed E-state index contributed by atoms with van der Waals surface area (Å²) in [6.07, 6.45) is 2.58. The average Bonchev–Trinajstić information content (AvgIpc) is 2.59. The first kappa shape index (κ1) is 18.8. The first-order chi connectivity index (χ1) is 12.7. The quantitative estimate of drug-likeness (QED) is 0.761. The van der Waals surface area contributed by atoms with Gasteiger partial charge in [0.1, 0.15) is 34.7 Å². The first-order valence-electron chi connectivity index (χ1n) is 8.54. The Morgan fingerprint density at radius 1 is 1.22 bits per heavy atom. The van der Waals surface area contributed by atoms with Gasteiger partial charge in [0.15, 0.2) is 5.78 Å². The highest BCUT2D eigenvalue weighted by Crippen LogP contribution is 2.46. The van der Waals surface area contributed by atoms with Crippen molar-refractivity contribution in [3.05, 3.63) is 53.1 Å². The Kier molecular flexibility index (Phi) is 4.85. The predicted molar refractivity (Wildman–Crippen MR) is 100 cm³/mol. The maximum atomic E-state index is 12.8. The van der Waals surface area contributed by atoms with E-state index in [1.54, 1.807) is 26.0 Å². The molecular formula is C21H22O6. The van der Waals surface area contributed by atoms with Crippen LogP contribution in [0.15, 0.2) is 36.4 Å². The maximum Gasteiger partial charge on any atom is 0.174 e. The van der Waals surface area contributed by atoms with Crippen molar-refractivity contribution in [3.63, 3.8) is 0 Å². The van der Waals surface area contributed by atoms with Crippen molar-refractivity contribution in [1.29, 1.82) is 0 Å². The SMILES string of the molecule is COc1cc(O)c(/C=C\C(C)(C)O)c2c1C(=O)CC(c1ccc(O)cc1)O2. The molecule has 0 saturated carbocycles. The minimum Gasteiger partial charge on any atom is -0.508 e. The molecule has 0 radical (unpaired) electrons. The van der Waals surface area contributed by atoms with E-state index in [2.05, 4.69) is 0 Å². The third-order valence-electron chi connectivity index (χ3n) is 4.31. The summed E-state index contributed by atoms with van der Waals surface area (Å²) in [5.74, 6) is 0.266. The number of ketones is 1.